The molecule has 1 N–H and O–H groups in total. The van der Waals surface area contributed by atoms with Crippen LogP contribution >= 0.6 is 0 Å². The number of hydrogen-bond donors (Lipinski definition) is 1. The maximum atomic E-state index is 14.3. The lowest BCUT2D eigenvalue weighted by molar-refractivity contribution is -0.340. The number of fused-ring (bicyclic) bond motifs is 2. The van der Waals surface area contributed by atoms with Crippen LogP contribution in [0.15, 0.2) is 76.5 Å². The first-order valence-electron chi connectivity index (χ1n) is 19.0. The molecule has 0 saturated carbocycles. The van der Waals surface area contributed by atoms with Crippen LogP contribution < -0.4 is 0 Å². The van der Waals surface area contributed by atoms with E-state index in [1.54, 1.807) is 18.2 Å². The molecular weight excluding hydrogens is 681 g/mol. The zero-order valence-corrected chi connectivity index (χ0v) is 31.9. The number of aliphatic hydroxyl groups is 1. The van der Waals surface area contributed by atoms with Crippen molar-refractivity contribution in [1.82, 2.24) is 0 Å². The van der Waals surface area contributed by atoms with Crippen LogP contribution in [0.5, 0.6) is 0 Å². The predicted molar refractivity (Wildman–Crippen MR) is 196 cm³/mol. The number of esters is 2. The Labute approximate surface area is 312 Å². The van der Waals surface area contributed by atoms with Gasteiger partial charge in [0.25, 0.3) is 0 Å². The van der Waals surface area contributed by atoms with Gasteiger partial charge < -0.3 is 33.6 Å². The van der Waals surface area contributed by atoms with E-state index < -0.39 is 53.4 Å². The number of ether oxygens (including phenoxy) is 5. The topological polar surface area (TPSA) is 122 Å². The van der Waals surface area contributed by atoms with Gasteiger partial charge in [-0.1, -0.05) is 69.7 Å². The molecular formula is C42H54FNO9. The summed E-state index contributed by atoms with van der Waals surface area (Å²) in [7, 11) is 1.42. The number of allylic oxidation sites excluding steroid dienone is 2. The first-order valence-corrected chi connectivity index (χ1v) is 19.0. The third-order valence-electron chi connectivity index (χ3n) is 11.8. The molecule has 2 unspecified atom stereocenters. The Morgan fingerprint density at radius 2 is 1.91 bits per heavy atom. The molecule has 0 aromatic heterocycles. The van der Waals surface area contributed by atoms with Crippen LogP contribution in [0.25, 0.3) is 0 Å². The number of benzene rings is 1. The summed E-state index contributed by atoms with van der Waals surface area (Å²) in [6.07, 6.45) is 10.3. The van der Waals surface area contributed by atoms with E-state index >= 15 is 0 Å². The summed E-state index contributed by atoms with van der Waals surface area (Å²) >= 11 is 0. The van der Waals surface area contributed by atoms with Crippen LogP contribution in [-0.4, -0.2) is 78.4 Å². The van der Waals surface area contributed by atoms with Gasteiger partial charge >= 0.3 is 11.9 Å². The van der Waals surface area contributed by atoms with Crippen molar-refractivity contribution in [3.8, 4) is 0 Å². The van der Waals surface area contributed by atoms with E-state index in [0.29, 0.717) is 54.4 Å². The Morgan fingerprint density at radius 1 is 1.15 bits per heavy atom. The Bertz CT molecular complexity index is 1680. The van der Waals surface area contributed by atoms with Crippen molar-refractivity contribution in [3.05, 3.63) is 82.7 Å². The Hall–Kier alpha value is -3.64. The summed E-state index contributed by atoms with van der Waals surface area (Å²) in [4.78, 5) is 32.8. The zero-order valence-electron chi connectivity index (χ0n) is 31.9. The molecule has 288 valence electrons. The molecule has 0 radical (unpaired) electrons. The van der Waals surface area contributed by atoms with Crippen molar-refractivity contribution in [2.45, 2.75) is 122 Å². The third-order valence-corrected chi connectivity index (χ3v) is 11.8. The van der Waals surface area contributed by atoms with E-state index in [2.05, 4.69) is 25.9 Å². The minimum atomic E-state index is -1.80. The fourth-order valence-corrected chi connectivity index (χ4v) is 8.59. The molecule has 2 bridgehead atoms. The molecule has 4 aliphatic heterocycles. The standard InChI is InChI=1S/C42H54FNO9/c1-8-24(2)37-27(5)18-19-41(53-37)22-33-21-32(52-41)17-12-26(4)36(51-39(45)29-13-15-31(43)16-14-29)25(3)10-9-11-30-23-49-38-35(44-48-7)28(6)20-34(40(46)50-33)42(30,38)47/h9-16,20,24-25,27,32-34,36-38,47H,8,17-19,21-23H2,1-7H3/b10-9+,26-12+,30-11+,44-35+/t24?,25-,27-,32+,33-,34-,36-,37+,38+,41?,42+/m0/s1. The monoisotopic (exact) mass is 735 g/mol. The molecule has 3 saturated heterocycles. The fourth-order valence-electron chi connectivity index (χ4n) is 8.59. The summed E-state index contributed by atoms with van der Waals surface area (Å²) in [5, 5.41) is 16.7. The number of carbonyl (C=O) groups excluding carboxylic acids is 2. The molecule has 1 aromatic carbocycles. The van der Waals surface area contributed by atoms with Gasteiger partial charge in [0.2, 0.25) is 0 Å². The van der Waals surface area contributed by atoms with Crippen molar-refractivity contribution < 1.29 is 47.6 Å². The molecule has 53 heavy (non-hydrogen) atoms. The van der Waals surface area contributed by atoms with E-state index in [-0.39, 0.29) is 30.3 Å². The normalized spacial score (nSPS) is 40.1. The summed E-state index contributed by atoms with van der Waals surface area (Å²) in [5.41, 5.74) is 0.764. The van der Waals surface area contributed by atoms with Gasteiger partial charge in [0.05, 0.1) is 24.4 Å². The van der Waals surface area contributed by atoms with E-state index in [9.17, 15) is 19.1 Å². The molecule has 1 aromatic rings. The molecule has 6 rings (SSSR count). The summed E-state index contributed by atoms with van der Waals surface area (Å²) in [6.45, 7) is 12.3. The van der Waals surface area contributed by atoms with Gasteiger partial charge in [-0.25, -0.2) is 9.18 Å². The van der Waals surface area contributed by atoms with E-state index in [1.807, 2.05) is 32.9 Å². The second-order valence-corrected chi connectivity index (χ2v) is 15.6. The van der Waals surface area contributed by atoms with Gasteiger partial charge in [-0.3, -0.25) is 4.79 Å². The Kier molecular flexibility index (Phi) is 11.8. The quantitative estimate of drug-likeness (QED) is 0.191. The maximum absolute atomic E-state index is 14.3. The molecule has 0 amide bonds. The molecule has 10 nitrogen and oxygen atoms in total. The van der Waals surface area contributed by atoms with Crippen LogP contribution in [0.3, 0.4) is 0 Å². The van der Waals surface area contributed by atoms with Gasteiger partial charge in [0.1, 0.15) is 48.5 Å². The zero-order chi connectivity index (χ0) is 38.1. The summed E-state index contributed by atoms with van der Waals surface area (Å²) in [6, 6.07) is 5.26. The average molecular weight is 736 g/mol. The van der Waals surface area contributed by atoms with Gasteiger partial charge in [0, 0.05) is 25.2 Å². The summed E-state index contributed by atoms with van der Waals surface area (Å²) in [5.74, 6) is -3.28. The lowest BCUT2D eigenvalue weighted by atomic mass is 9.71. The SMILES string of the molecule is CCC(C)[C@H]1OC2(CC[C@@H]1C)C[C@@H]1C[C@@H](C/C=C(\C)[C@@H](OC(=O)c3ccc(F)cc3)[C@@H](C)/C=C/C=C3\CO[C@@H]4/C(=N/OC)C(C)=C[C@@H](C(=O)O1)[C@]34O)O2. The number of nitrogens with zero attached hydrogens (tertiary/aromatic N) is 1. The highest BCUT2D eigenvalue weighted by Gasteiger charge is 2.60. The lowest BCUT2D eigenvalue weighted by Gasteiger charge is -2.51. The molecule has 4 heterocycles. The van der Waals surface area contributed by atoms with E-state index in [4.69, 9.17) is 28.5 Å². The number of hydrogen-bond acceptors (Lipinski definition) is 10. The van der Waals surface area contributed by atoms with Crippen LogP contribution in [0, 0.1) is 29.5 Å². The number of rotatable bonds is 5. The first kappa shape index (κ1) is 39.1. The lowest BCUT2D eigenvalue weighted by Crippen LogP contribution is -2.57. The molecule has 1 aliphatic carbocycles. The highest BCUT2D eigenvalue weighted by molar-refractivity contribution is 6.07. The molecule has 1 spiro atoms. The summed E-state index contributed by atoms with van der Waals surface area (Å²) < 4.78 is 46.1. The van der Waals surface area contributed by atoms with Crippen LogP contribution in [0.4, 0.5) is 4.39 Å². The van der Waals surface area contributed by atoms with Crippen molar-refractivity contribution in [3.63, 3.8) is 0 Å². The van der Waals surface area contributed by atoms with E-state index in [1.165, 1.54) is 31.4 Å². The van der Waals surface area contributed by atoms with Crippen LogP contribution in [-0.2, 0) is 33.3 Å². The Balaban J connectivity index is 1.41. The largest absolute Gasteiger partial charge is 0.462 e. The van der Waals surface area contributed by atoms with Crippen molar-refractivity contribution >= 4 is 17.7 Å². The number of oxime groups is 1. The van der Waals surface area contributed by atoms with Gasteiger partial charge in [-0.05, 0) is 79.5 Å². The van der Waals surface area contributed by atoms with Gasteiger partial charge in [0.15, 0.2) is 5.79 Å². The smallest absolute Gasteiger partial charge is 0.338 e. The van der Waals surface area contributed by atoms with Crippen molar-refractivity contribution in [2.75, 3.05) is 13.7 Å². The second kappa shape index (κ2) is 16.0. The Morgan fingerprint density at radius 3 is 2.62 bits per heavy atom. The van der Waals surface area contributed by atoms with Crippen molar-refractivity contribution in [2.24, 2.45) is 28.8 Å². The van der Waals surface area contributed by atoms with Crippen LogP contribution in [0.1, 0.15) is 90.4 Å². The fraction of sp³-hybridized carbons (Fsp3) is 0.595. The number of carbonyl (C=O) groups is 2. The van der Waals surface area contributed by atoms with Gasteiger partial charge in [-0.15, -0.1) is 0 Å². The third kappa shape index (κ3) is 7.95. The first-order chi connectivity index (χ1) is 25.3. The maximum Gasteiger partial charge on any atom is 0.338 e. The van der Waals surface area contributed by atoms with Gasteiger partial charge in [-0.2, -0.15) is 0 Å². The highest BCUT2D eigenvalue weighted by Crippen LogP contribution is 2.47. The molecule has 3 fully saturated rings. The predicted octanol–water partition coefficient (Wildman–Crippen LogP) is 7.18. The molecule has 5 aliphatic rings. The highest BCUT2D eigenvalue weighted by atomic mass is 19.1. The minimum absolute atomic E-state index is 0.0194. The second-order valence-electron chi connectivity index (χ2n) is 15.6. The number of halogens is 1. The minimum Gasteiger partial charge on any atom is -0.462 e. The van der Waals surface area contributed by atoms with Crippen LogP contribution in [0.2, 0.25) is 0 Å². The molecule has 11 atom stereocenters. The van der Waals surface area contributed by atoms with E-state index in [0.717, 1.165) is 18.4 Å². The van der Waals surface area contributed by atoms with Crippen molar-refractivity contribution in [1.29, 1.82) is 0 Å². The average Bonchev–Trinajstić information content (AvgIpc) is 3.47. The molecule has 11 heteroatoms.